The van der Waals surface area contributed by atoms with Crippen LogP contribution >= 0.6 is 0 Å². The summed E-state index contributed by atoms with van der Waals surface area (Å²) in [5.74, 6) is 0.904. The zero-order valence-corrected chi connectivity index (χ0v) is 12.5. The van der Waals surface area contributed by atoms with E-state index in [2.05, 4.69) is 42.6 Å². The van der Waals surface area contributed by atoms with Gasteiger partial charge in [0.15, 0.2) is 0 Å². The summed E-state index contributed by atoms with van der Waals surface area (Å²) < 4.78 is 11.2. The van der Waals surface area contributed by atoms with Gasteiger partial charge in [-0.05, 0) is 30.2 Å². The minimum absolute atomic E-state index is 0.585. The third-order valence-corrected chi connectivity index (χ3v) is 3.08. The summed E-state index contributed by atoms with van der Waals surface area (Å²) in [7, 11) is 0. The number of hydrogen-bond acceptors (Lipinski definition) is 3. The highest BCUT2D eigenvalue weighted by Crippen LogP contribution is 2.11. The molecule has 0 heterocycles. The van der Waals surface area contributed by atoms with E-state index in [-0.39, 0.29) is 0 Å². The Morgan fingerprint density at radius 3 is 2.57 bits per heavy atom. The number of benzene rings is 2. The fourth-order valence-corrected chi connectivity index (χ4v) is 2.00. The van der Waals surface area contributed by atoms with Crippen molar-refractivity contribution < 1.29 is 9.47 Å². The van der Waals surface area contributed by atoms with Crippen LogP contribution in [0, 0.1) is 6.92 Å². The first-order valence-electron chi connectivity index (χ1n) is 7.36. The highest BCUT2D eigenvalue weighted by molar-refractivity contribution is 5.27. The summed E-state index contributed by atoms with van der Waals surface area (Å²) in [6.45, 7) is 5.68. The predicted molar refractivity (Wildman–Crippen MR) is 85.6 cm³/mol. The summed E-state index contributed by atoms with van der Waals surface area (Å²) in [5.41, 5.74) is 2.50. The van der Waals surface area contributed by atoms with Crippen molar-refractivity contribution in [2.24, 2.45) is 0 Å². The van der Waals surface area contributed by atoms with Crippen LogP contribution in [0.25, 0.3) is 0 Å². The van der Waals surface area contributed by atoms with Gasteiger partial charge >= 0.3 is 0 Å². The second kappa shape index (κ2) is 9.16. The fraction of sp³-hybridized carbons (Fsp3) is 0.333. The quantitative estimate of drug-likeness (QED) is 0.718. The molecule has 0 atom stereocenters. The first kappa shape index (κ1) is 15.5. The van der Waals surface area contributed by atoms with Gasteiger partial charge in [-0.15, -0.1) is 0 Å². The molecule has 2 aromatic carbocycles. The van der Waals surface area contributed by atoms with Gasteiger partial charge in [0.25, 0.3) is 0 Å². The Morgan fingerprint density at radius 1 is 0.905 bits per heavy atom. The molecule has 0 unspecified atom stereocenters. The minimum Gasteiger partial charge on any atom is -0.491 e. The molecule has 0 aliphatic rings. The third-order valence-electron chi connectivity index (χ3n) is 3.08. The van der Waals surface area contributed by atoms with Gasteiger partial charge in [-0.1, -0.05) is 42.5 Å². The zero-order chi connectivity index (χ0) is 14.8. The molecule has 112 valence electrons. The second-order valence-electron chi connectivity index (χ2n) is 4.94. The fourth-order valence-electron chi connectivity index (χ4n) is 2.00. The van der Waals surface area contributed by atoms with Gasteiger partial charge in [-0.25, -0.2) is 0 Å². The first-order valence-corrected chi connectivity index (χ1v) is 7.36. The van der Waals surface area contributed by atoms with Crippen LogP contribution in [0.1, 0.15) is 11.1 Å². The standard InChI is InChI=1S/C18H23NO2/c1-16-6-5-9-18(14-16)21-13-12-20-11-10-19-15-17-7-3-2-4-8-17/h2-9,14,19H,10-13,15H2,1H3. The van der Waals surface area contributed by atoms with Crippen molar-refractivity contribution >= 4 is 0 Å². The highest BCUT2D eigenvalue weighted by atomic mass is 16.5. The summed E-state index contributed by atoms with van der Waals surface area (Å²) >= 11 is 0. The van der Waals surface area contributed by atoms with Crippen LogP contribution in [0.4, 0.5) is 0 Å². The molecule has 3 heteroatoms. The molecule has 0 amide bonds. The molecule has 0 saturated heterocycles. The summed E-state index contributed by atoms with van der Waals surface area (Å²) in [5, 5.41) is 3.35. The van der Waals surface area contributed by atoms with Crippen molar-refractivity contribution in [3.8, 4) is 5.75 Å². The number of hydrogen-bond donors (Lipinski definition) is 1. The smallest absolute Gasteiger partial charge is 0.119 e. The van der Waals surface area contributed by atoms with Crippen molar-refractivity contribution in [1.29, 1.82) is 0 Å². The van der Waals surface area contributed by atoms with E-state index in [9.17, 15) is 0 Å². The van der Waals surface area contributed by atoms with Gasteiger partial charge in [0.1, 0.15) is 12.4 Å². The van der Waals surface area contributed by atoms with Gasteiger partial charge in [0, 0.05) is 13.1 Å². The van der Waals surface area contributed by atoms with E-state index in [4.69, 9.17) is 9.47 Å². The largest absolute Gasteiger partial charge is 0.491 e. The first-order chi connectivity index (χ1) is 10.3. The average Bonchev–Trinajstić information content (AvgIpc) is 2.51. The van der Waals surface area contributed by atoms with Gasteiger partial charge < -0.3 is 14.8 Å². The minimum atomic E-state index is 0.585. The van der Waals surface area contributed by atoms with E-state index in [1.54, 1.807) is 0 Å². The van der Waals surface area contributed by atoms with E-state index in [0.717, 1.165) is 18.8 Å². The lowest BCUT2D eigenvalue weighted by Gasteiger charge is -2.08. The molecule has 2 aromatic rings. The maximum atomic E-state index is 5.62. The van der Waals surface area contributed by atoms with Crippen LogP contribution in [-0.4, -0.2) is 26.4 Å². The highest BCUT2D eigenvalue weighted by Gasteiger charge is 1.95. The Hall–Kier alpha value is -1.84. The molecule has 0 fully saturated rings. The summed E-state index contributed by atoms with van der Waals surface area (Å²) in [4.78, 5) is 0. The molecule has 0 aliphatic heterocycles. The van der Waals surface area contributed by atoms with Gasteiger partial charge in [0.05, 0.1) is 13.2 Å². The third kappa shape index (κ3) is 6.43. The van der Waals surface area contributed by atoms with Crippen LogP contribution in [0.2, 0.25) is 0 Å². The number of aryl methyl sites for hydroxylation is 1. The van der Waals surface area contributed by atoms with Crippen LogP contribution in [-0.2, 0) is 11.3 Å². The van der Waals surface area contributed by atoms with Crippen molar-refractivity contribution in [3.05, 3.63) is 65.7 Å². The van der Waals surface area contributed by atoms with Crippen LogP contribution in [0.5, 0.6) is 5.75 Å². The monoisotopic (exact) mass is 285 g/mol. The van der Waals surface area contributed by atoms with Crippen LogP contribution in [0.3, 0.4) is 0 Å². The Bertz CT molecular complexity index is 514. The maximum absolute atomic E-state index is 5.62. The molecule has 0 aromatic heterocycles. The molecule has 0 spiro atoms. The number of ether oxygens (including phenoxy) is 2. The topological polar surface area (TPSA) is 30.5 Å². The van der Waals surface area contributed by atoms with Crippen molar-refractivity contribution in [1.82, 2.24) is 5.32 Å². The number of rotatable bonds is 9. The number of nitrogens with one attached hydrogen (secondary N) is 1. The van der Waals surface area contributed by atoms with Crippen LogP contribution < -0.4 is 10.1 Å². The molecule has 3 nitrogen and oxygen atoms in total. The van der Waals surface area contributed by atoms with Crippen LogP contribution in [0.15, 0.2) is 54.6 Å². The van der Waals surface area contributed by atoms with Crippen molar-refractivity contribution in [2.45, 2.75) is 13.5 Å². The lowest BCUT2D eigenvalue weighted by Crippen LogP contribution is -2.20. The van der Waals surface area contributed by atoms with E-state index in [0.29, 0.717) is 19.8 Å². The van der Waals surface area contributed by atoms with E-state index in [1.807, 2.05) is 24.3 Å². The maximum Gasteiger partial charge on any atom is 0.119 e. The second-order valence-corrected chi connectivity index (χ2v) is 4.94. The normalized spacial score (nSPS) is 10.5. The SMILES string of the molecule is Cc1cccc(OCCOCCNCc2ccccc2)c1. The Balaban J connectivity index is 1.47. The van der Waals surface area contributed by atoms with Gasteiger partial charge in [-0.3, -0.25) is 0 Å². The molecule has 0 aliphatic carbocycles. The molecule has 0 radical (unpaired) electrons. The van der Waals surface area contributed by atoms with E-state index < -0.39 is 0 Å². The van der Waals surface area contributed by atoms with E-state index in [1.165, 1.54) is 11.1 Å². The molecule has 0 bridgehead atoms. The molecular formula is C18H23NO2. The van der Waals surface area contributed by atoms with Gasteiger partial charge in [0.2, 0.25) is 0 Å². The molecule has 0 saturated carbocycles. The lowest BCUT2D eigenvalue weighted by molar-refractivity contribution is 0.102. The Morgan fingerprint density at radius 2 is 1.76 bits per heavy atom. The molecule has 2 rings (SSSR count). The summed E-state index contributed by atoms with van der Waals surface area (Å²) in [6, 6.07) is 18.4. The molecule has 21 heavy (non-hydrogen) atoms. The lowest BCUT2D eigenvalue weighted by atomic mass is 10.2. The average molecular weight is 285 g/mol. The summed E-state index contributed by atoms with van der Waals surface area (Å²) in [6.07, 6.45) is 0. The van der Waals surface area contributed by atoms with Crippen molar-refractivity contribution in [3.63, 3.8) is 0 Å². The molecule has 1 N–H and O–H groups in total. The predicted octanol–water partition coefficient (Wildman–Crippen LogP) is 3.18. The van der Waals surface area contributed by atoms with Gasteiger partial charge in [-0.2, -0.15) is 0 Å². The zero-order valence-electron chi connectivity index (χ0n) is 12.5. The Labute approximate surface area is 126 Å². The Kier molecular flexibility index (Phi) is 6.78. The van der Waals surface area contributed by atoms with E-state index >= 15 is 0 Å². The van der Waals surface area contributed by atoms with Crippen molar-refractivity contribution in [2.75, 3.05) is 26.4 Å². The molecular weight excluding hydrogens is 262 g/mol.